The number of rotatable bonds is 4. The van der Waals surface area contributed by atoms with Gasteiger partial charge < -0.3 is 4.74 Å². The highest BCUT2D eigenvalue weighted by Gasteiger charge is 2.27. The third kappa shape index (κ3) is 2.71. The molecule has 0 aromatic heterocycles. The normalized spacial score (nSPS) is 20.5. The van der Waals surface area contributed by atoms with E-state index in [9.17, 15) is 12.8 Å². The lowest BCUT2D eigenvalue weighted by Crippen LogP contribution is -2.32. The lowest BCUT2D eigenvalue weighted by atomic mass is 10.1. The lowest BCUT2D eigenvalue weighted by Gasteiger charge is -2.20. The van der Waals surface area contributed by atoms with Gasteiger partial charge in [0.15, 0.2) is 0 Å². The molecule has 1 heterocycles. The molecule has 0 amide bonds. The summed E-state index contributed by atoms with van der Waals surface area (Å²) in [5, 5.41) is 0. The van der Waals surface area contributed by atoms with Gasteiger partial charge >= 0.3 is 0 Å². The van der Waals surface area contributed by atoms with E-state index in [-0.39, 0.29) is 10.8 Å². The van der Waals surface area contributed by atoms with Crippen LogP contribution >= 0.6 is 0 Å². The van der Waals surface area contributed by atoms with Gasteiger partial charge in [-0.25, -0.2) is 17.1 Å². The van der Waals surface area contributed by atoms with Crippen LogP contribution < -0.4 is 0 Å². The average molecular weight is 273 g/mol. The molecule has 0 bridgehead atoms. The molecule has 0 radical (unpaired) electrons. The van der Waals surface area contributed by atoms with Gasteiger partial charge in [0.25, 0.3) is 0 Å². The molecule has 0 unspecified atom stereocenters. The molecule has 2 rings (SSSR count). The number of halogens is 1. The highest BCUT2D eigenvalue weighted by molar-refractivity contribution is 7.89. The predicted octanol–water partition coefficient (Wildman–Crippen LogP) is 1.48. The number of sulfonamides is 1. The minimum atomic E-state index is -3.75. The van der Waals surface area contributed by atoms with Gasteiger partial charge in [-0.1, -0.05) is 12.1 Å². The predicted molar refractivity (Wildman–Crippen MR) is 65.1 cm³/mol. The summed E-state index contributed by atoms with van der Waals surface area (Å²) in [7, 11) is -2.28. The minimum Gasteiger partial charge on any atom is -0.381 e. The van der Waals surface area contributed by atoms with Crippen molar-refractivity contribution in [2.24, 2.45) is 5.92 Å². The van der Waals surface area contributed by atoms with Crippen molar-refractivity contribution in [2.45, 2.75) is 11.3 Å². The van der Waals surface area contributed by atoms with Crippen molar-refractivity contribution in [2.75, 3.05) is 26.8 Å². The first-order valence-electron chi connectivity index (χ1n) is 5.80. The molecule has 0 aliphatic carbocycles. The second-order valence-corrected chi connectivity index (χ2v) is 6.46. The molecule has 1 aromatic rings. The van der Waals surface area contributed by atoms with Gasteiger partial charge in [-0.2, -0.15) is 0 Å². The van der Waals surface area contributed by atoms with Crippen LogP contribution in [0, 0.1) is 11.7 Å². The van der Waals surface area contributed by atoms with Crippen molar-refractivity contribution in [1.29, 1.82) is 0 Å². The van der Waals surface area contributed by atoms with E-state index in [1.807, 2.05) is 0 Å². The zero-order valence-corrected chi connectivity index (χ0v) is 11.0. The van der Waals surface area contributed by atoms with Crippen LogP contribution in [0.2, 0.25) is 0 Å². The Labute approximate surface area is 106 Å². The molecule has 1 saturated heterocycles. The fraction of sp³-hybridized carbons (Fsp3) is 0.500. The van der Waals surface area contributed by atoms with Crippen LogP contribution in [0.4, 0.5) is 4.39 Å². The summed E-state index contributed by atoms with van der Waals surface area (Å²) in [6.45, 7) is 1.59. The smallest absolute Gasteiger partial charge is 0.245 e. The highest BCUT2D eigenvalue weighted by Crippen LogP contribution is 2.21. The summed E-state index contributed by atoms with van der Waals surface area (Å²) in [5.74, 6) is -0.524. The van der Waals surface area contributed by atoms with E-state index in [2.05, 4.69) is 0 Å². The summed E-state index contributed by atoms with van der Waals surface area (Å²) in [4.78, 5) is -0.272. The van der Waals surface area contributed by atoms with E-state index >= 15 is 0 Å². The lowest BCUT2D eigenvalue weighted by molar-refractivity contribution is 0.182. The number of nitrogens with zero attached hydrogens (tertiary/aromatic N) is 1. The fourth-order valence-corrected chi connectivity index (χ4v) is 3.32. The van der Waals surface area contributed by atoms with Crippen molar-refractivity contribution in [3.63, 3.8) is 0 Å². The van der Waals surface area contributed by atoms with E-state index in [0.717, 1.165) is 12.5 Å². The van der Waals surface area contributed by atoms with Crippen LogP contribution in [0.5, 0.6) is 0 Å². The van der Waals surface area contributed by atoms with E-state index < -0.39 is 15.8 Å². The Morgan fingerprint density at radius 3 is 2.78 bits per heavy atom. The third-order valence-electron chi connectivity index (χ3n) is 3.06. The summed E-state index contributed by atoms with van der Waals surface area (Å²) in [5.41, 5.74) is 0. The largest absolute Gasteiger partial charge is 0.381 e. The molecule has 1 aromatic carbocycles. The summed E-state index contributed by atoms with van der Waals surface area (Å²) >= 11 is 0. The fourth-order valence-electron chi connectivity index (χ4n) is 2.01. The van der Waals surface area contributed by atoms with Crippen molar-refractivity contribution < 1.29 is 17.5 Å². The zero-order valence-electron chi connectivity index (χ0n) is 10.2. The number of hydrogen-bond donors (Lipinski definition) is 0. The monoisotopic (exact) mass is 273 g/mol. The van der Waals surface area contributed by atoms with Crippen LogP contribution in [-0.2, 0) is 14.8 Å². The van der Waals surface area contributed by atoms with Crippen LogP contribution in [0.15, 0.2) is 29.2 Å². The molecule has 0 N–H and O–H groups in total. The van der Waals surface area contributed by atoms with Crippen LogP contribution in [0.25, 0.3) is 0 Å². The van der Waals surface area contributed by atoms with Gasteiger partial charge in [0.1, 0.15) is 10.7 Å². The molecule has 1 aliphatic rings. The Morgan fingerprint density at radius 1 is 1.44 bits per heavy atom. The third-order valence-corrected chi connectivity index (χ3v) is 4.92. The Kier molecular flexibility index (Phi) is 3.99. The Morgan fingerprint density at radius 2 is 2.17 bits per heavy atom. The first-order valence-corrected chi connectivity index (χ1v) is 7.24. The Bertz CT molecular complexity index is 512. The summed E-state index contributed by atoms with van der Waals surface area (Å²) in [6.07, 6.45) is 0.844. The summed E-state index contributed by atoms with van der Waals surface area (Å²) in [6, 6.07) is 5.42. The standard InChI is InChI=1S/C12H16FNO3S/c1-14(8-10-6-7-17-9-10)18(15,16)12-5-3-2-4-11(12)13/h2-5,10H,6-9H2,1H3/t10-/m1/s1. The molecule has 0 spiro atoms. The molecule has 6 heteroatoms. The molecular weight excluding hydrogens is 257 g/mol. The van der Waals surface area contributed by atoms with Crippen molar-refractivity contribution >= 4 is 10.0 Å². The first kappa shape index (κ1) is 13.5. The van der Waals surface area contributed by atoms with Gasteiger partial charge in [0, 0.05) is 20.2 Å². The second-order valence-electron chi connectivity index (χ2n) is 4.45. The molecule has 1 aliphatic heterocycles. The van der Waals surface area contributed by atoms with E-state index in [1.165, 1.54) is 29.6 Å². The van der Waals surface area contributed by atoms with Crippen LogP contribution in [-0.4, -0.2) is 39.5 Å². The van der Waals surface area contributed by atoms with E-state index in [1.54, 1.807) is 0 Å². The van der Waals surface area contributed by atoms with Crippen molar-refractivity contribution in [1.82, 2.24) is 4.31 Å². The first-order chi connectivity index (χ1) is 8.51. The zero-order chi connectivity index (χ0) is 13.2. The molecule has 1 fully saturated rings. The van der Waals surface area contributed by atoms with Crippen molar-refractivity contribution in [3.8, 4) is 0 Å². The number of benzene rings is 1. The number of ether oxygens (including phenoxy) is 1. The second kappa shape index (κ2) is 5.34. The molecule has 100 valence electrons. The maximum Gasteiger partial charge on any atom is 0.245 e. The molecule has 0 saturated carbocycles. The topological polar surface area (TPSA) is 46.6 Å². The van der Waals surface area contributed by atoms with Crippen LogP contribution in [0.3, 0.4) is 0 Å². The minimum absolute atomic E-state index is 0.191. The van der Waals surface area contributed by atoms with Gasteiger partial charge in [-0.3, -0.25) is 0 Å². The van der Waals surface area contributed by atoms with E-state index in [0.29, 0.717) is 19.8 Å². The maximum absolute atomic E-state index is 13.5. The number of hydrogen-bond acceptors (Lipinski definition) is 3. The van der Waals surface area contributed by atoms with Crippen molar-refractivity contribution in [3.05, 3.63) is 30.1 Å². The van der Waals surface area contributed by atoms with Crippen LogP contribution in [0.1, 0.15) is 6.42 Å². The van der Waals surface area contributed by atoms with Gasteiger partial charge in [0.2, 0.25) is 10.0 Å². The average Bonchev–Trinajstić information content (AvgIpc) is 2.82. The molecular formula is C12H16FNO3S. The Hall–Kier alpha value is -0.980. The highest BCUT2D eigenvalue weighted by atomic mass is 32.2. The molecule has 18 heavy (non-hydrogen) atoms. The molecule has 1 atom stereocenters. The molecule has 4 nitrogen and oxygen atoms in total. The summed E-state index contributed by atoms with van der Waals surface area (Å²) < 4.78 is 44.3. The Balaban J connectivity index is 2.17. The van der Waals surface area contributed by atoms with Gasteiger partial charge in [0.05, 0.1) is 6.61 Å². The van der Waals surface area contributed by atoms with E-state index in [4.69, 9.17) is 4.74 Å². The maximum atomic E-state index is 13.5. The van der Waals surface area contributed by atoms with Gasteiger partial charge in [-0.05, 0) is 24.5 Å². The SMILES string of the molecule is CN(C[C@H]1CCOC1)S(=O)(=O)c1ccccc1F. The quantitative estimate of drug-likeness (QED) is 0.835. The van der Waals surface area contributed by atoms with Gasteiger partial charge in [-0.15, -0.1) is 0 Å².